The minimum absolute atomic E-state index is 0.0767. The van der Waals surface area contributed by atoms with Crippen molar-refractivity contribution >= 4 is 29.1 Å². The molecule has 0 N–H and O–H groups in total. The molecule has 0 unspecified atom stereocenters. The first-order chi connectivity index (χ1) is 14.3. The molecule has 1 atom stereocenters. The fourth-order valence-corrected chi connectivity index (χ4v) is 4.64. The Morgan fingerprint density at radius 3 is 2.40 bits per heavy atom. The lowest BCUT2D eigenvalue weighted by molar-refractivity contribution is -0.109. The largest absolute Gasteiger partial charge is 0.445 e. The van der Waals surface area contributed by atoms with Crippen molar-refractivity contribution in [2.45, 2.75) is 31.2 Å². The predicted molar refractivity (Wildman–Crippen MR) is 117 cm³/mol. The second-order valence-corrected chi connectivity index (χ2v) is 8.37. The normalized spacial score (nSPS) is 17.9. The van der Waals surface area contributed by atoms with Gasteiger partial charge in [-0.15, -0.1) is 0 Å². The molecule has 7 nitrogen and oxygen atoms in total. The summed E-state index contributed by atoms with van der Waals surface area (Å²) in [6.45, 7) is 9.74. The van der Waals surface area contributed by atoms with Gasteiger partial charge >= 0.3 is 12.2 Å². The van der Waals surface area contributed by atoms with Gasteiger partial charge in [0.25, 0.3) is 0 Å². The molecule has 1 aromatic carbocycles. The summed E-state index contributed by atoms with van der Waals surface area (Å²) in [4.78, 5) is 38.8. The van der Waals surface area contributed by atoms with Gasteiger partial charge in [0.1, 0.15) is 18.1 Å². The average Bonchev–Trinajstić information content (AvgIpc) is 3.14. The SMILES string of the molecule is C=CCOC(=O)N(C)Cc1ccc([C@@]2(SC(C)=O)CCCN2C(=O)OCC=C)cc1. The maximum absolute atomic E-state index is 12.6. The van der Waals surface area contributed by atoms with Crippen molar-refractivity contribution in [1.82, 2.24) is 9.80 Å². The molecule has 0 aromatic heterocycles. The van der Waals surface area contributed by atoms with E-state index in [1.165, 1.54) is 24.0 Å². The van der Waals surface area contributed by atoms with Gasteiger partial charge < -0.3 is 14.4 Å². The maximum Gasteiger partial charge on any atom is 0.411 e. The number of carbonyl (C=O) groups is 3. The van der Waals surface area contributed by atoms with Crippen molar-refractivity contribution in [3.8, 4) is 0 Å². The van der Waals surface area contributed by atoms with Gasteiger partial charge in [-0.25, -0.2) is 9.59 Å². The van der Waals surface area contributed by atoms with Gasteiger partial charge in [-0.1, -0.05) is 61.3 Å². The number of benzene rings is 1. The van der Waals surface area contributed by atoms with Crippen LogP contribution in [0.15, 0.2) is 49.6 Å². The first-order valence-electron chi connectivity index (χ1n) is 9.67. The maximum atomic E-state index is 12.6. The molecule has 1 aliphatic heterocycles. The number of likely N-dealkylation sites (tertiary alicyclic amines) is 1. The van der Waals surface area contributed by atoms with Gasteiger partial charge in [0.15, 0.2) is 5.12 Å². The Hall–Kier alpha value is -2.74. The molecule has 30 heavy (non-hydrogen) atoms. The summed E-state index contributed by atoms with van der Waals surface area (Å²) in [5.41, 5.74) is 1.75. The Balaban J connectivity index is 2.23. The van der Waals surface area contributed by atoms with Crippen molar-refractivity contribution in [2.75, 3.05) is 26.8 Å². The van der Waals surface area contributed by atoms with E-state index in [9.17, 15) is 14.4 Å². The van der Waals surface area contributed by atoms with E-state index in [1.807, 2.05) is 24.3 Å². The van der Waals surface area contributed by atoms with Gasteiger partial charge in [-0.3, -0.25) is 9.69 Å². The smallest absolute Gasteiger partial charge is 0.411 e. The lowest BCUT2D eigenvalue weighted by Crippen LogP contribution is -2.43. The second kappa shape index (κ2) is 10.9. The molecule has 0 bridgehead atoms. The molecule has 1 fully saturated rings. The van der Waals surface area contributed by atoms with Crippen molar-refractivity contribution < 1.29 is 23.9 Å². The molecule has 1 aliphatic rings. The second-order valence-electron chi connectivity index (χ2n) is 6.92. The number of carbonyl (C=O) groups excluding carboxylic acids is 3. The molecule has 0 saturated carbocycles. The van der Waals surface area contributed by atoms with Gasteiger partial charge in [-0.05, 0) is 24.0 Å². The molecular formula is C22H28N2O5S. The van der Waals surface area contributed by atoms with E-state index in [1.54, 1.807) is 11.9 Å². The summed E-state index contributed by atoms with van der Waals surface area (Å²) in [7, 11) is 1.65. The molecule has 2 rings (SSSR count). The zero-order valence-electron chi connectivity index (χ0n) is 17.5. The predicted octanol–water partition coefficient (Wildman–Crippen LogP) is 4.29. The zero-order valence-corrected chi connectivity index (χ0v) is 18.3. The third-order valence-corrected chi connectivity index (χ3v) is 5.94. The van der Waals surface area contributed by atoms with Crippen LogP contribution in [-0.2, 0) is 25.7 Å². The van der Waals surface area contributed by atoms with Crippen LogP contribution in [0.3, 0.4) is 0 Å². The van der Waals surface area contributed by atoms with E-state index in [0.717, 1.165) is 29.3 Å². The van der Waals surface area contributed by atoms with E-state index in [4.69, 9.17) is 9.47 Å². The van der Waals surface area contributed by atoms with Crippen molar-refractivity contribution in [2.24, 2.45) is 0 Å². The van der Waals surface area contributed by atoms with Crippen molar-refractivity contribution in [1.29, 1.82) is 0 Å². The number of nitrogens with zero attached hydrogens (tertiary/aromatic N) is 2. The van der Waals surface area contributed by atoms with Crippen LogP contribution in [0.4, 0.5) is 9.59 Å². The minimum Gasteiger partial charge on any atom is -0.445 e. The van der Waals surface area contributed by atoms with Crippen LogP contribution in [0.25, 0.3) is 0 Å². The molecule has 1 aromatic rings. The zero-order chi connectivity index (χ0) is 22.1. The highest BCUT2D eigenvalue weighted by Crippen LogP contribution is 2.48. The summed E-state index contributed by atoms with van der Waals surface area (Å²) in [6, 6.07) is 7.57. The van der Waals surface area contributed by atoms with Crippen LogP contribution in [-0.4, -0.2) is 53.9 Å². The Labute approximate surface area is 181 Å². The lowest BCUT2D eigenvalue weighted by atomic mass is 10.0. The number of rotatable bonds is 8. The van der Waals surface area contributed by atoms with Gasteiger partial charge in [-0.2, -0.15) is 0 Å². The van der Waals surface area contributed by atoms with E-state index in [0.29, 0.717) is 19.5 Å². The highest BCUT2D eigenvalue weighted by molar-refractivity contribution is 8.14. The van der Waals surface area contributed by atoms with Gasteiger partial charge in [0, 0.05) is 27.1 Å². The minimum atomic E-state index is -0.808. The molecular weight excluding hydrogens is 404 g/mol. The highest BCUT2D eigenvalue weighted by atomic mass is 32.2. The summed E-state index contributed by atoms with van der Waals surface area (Å²) < 4.78 is 10.3. The van der Waals surface area contributed by atoms with Crippen LogP contribution in [0.2, 0.25) is 0 Å². The van der Waals surface area contributed by atoms with E-state index < -0.39 is 17.1 Å². The van der Waals surface area contributed by atoms with E-state index >= 15 is 0 Å². The Bertz CT molecular complexity index is 795. The van der Waals surface area contributed by atoms with Crippen LogP contribution in [0.5, 0.6) is 0 Å². The summed E-state index contributed by atoms with van der Waals surface area (Å²) in [6.07, 6.45) is 3.54. The molecule has 8 heteroatoms. The topological polar surface area (TPSA) is 76.2 Å². The third-order valence-electron chi connectivity index (χ3n) is 4.65. The van der Waals surface area contributed by atoms with E-state index in [-0.39, 0.29) is 18.3 Å². The van der Waals surface area contributed by atoms with Gasteiger partial charge in [0.05, 0.1) is 0 Å². The molecule has 0 spiro atoms. The summed E-state index contributed by atoms with van der Waals surface area (Å²) in [5, 5.41) is -0.0767. The lowest BCUT2D eigenvalue weighted by Gasteiger charge is -2.37. The quantitative estimate of drug-likeness (QED) is 0.571. The molecule has 0 aliphatic carbocycles. The Morgan fingerprint density at radius 1 is 1.17 bits per heavy atom. The number of amides is 2. The summed E-state index contributed by atoms with van der Waals surface area (Å²) in [5.74, 6) is 0. The van der Waals surface area contributed by atoms with E-state index in [2.05, 4.69) is 13.2 Å². The monoisotopic (exact) mass is 432 g/mol. The molecule has 1 heterocycles. The highest BCUT2D eigenvalue weighted by Gasteiger charge is 2.47. The fourth-order valence-electron chi connectivity index (χ4n) is 3.39. The standard InChI is InChI=1S/C22H28N2O5S/c1-5-14-28-20(26)23(4)16-18-8-10-19(11-9-18)22(30-17(3)25)12-7-13-24(22)21(27)29-15-6-2/h5-6,8-11H,1-2,7,12-16H2,3-4H3/t22-/m0/s1. The first kappa shape index (κ1) is 23.5. The first-order valence-corrected chi connectivity index (χ1v) is 10.5. The van der Waals surface area contributed by atoms with Crippen molar-refractivity contribution in [3.05, 3.63) is 60.7 Å². The Kier molecular flexibility index (Phi) is 8.53. The number of ether oxygens (including phenoxy) is 2. The molecule has 0 radical (unpaired) electrons. The number of hydrogen-bond acceptors (Lipinski definition) is 6. The fraction of sp³-hybridized carbons (Fsp3) is 0.409. The molecule has 1 saturated heterocycles. The number of thioether (sulfide) groups is 1. The van der Waals surface area contributed by atoms with Crippen LogP contribution in [0, 0.1) is 0 Å². The van der Waals surface area contributed by atoms with Crippen molar-refractivity contribution in [3.63, 3.8) is 0 Å². The van der Waals surface area contributed by atoms with Gasteiger partial charge in [0.2, 0.25) is 0 Å². The van der Waals surface area contributed by atoms with Crippen LogP contribution < -0.4 is 0 Å². The molecule has 2 amide bonds. The Morgan fingerprint density at radius 2 is 1.80 bits per heavy atom. The van der Waals surface area contributed by atoms with Crippen LogP contribution >= 0.6 is 11.8 Å². The van der Waals surface area contributed by atoms with Crippen LogP contribution in [0.1, 0.15) is 30.9 Å². The molecule has 162 valence electrons. The number of hydrogen-bond donors (Lipinski definition) is 0. The summed E-state index contributed by atoms with van der Waals surface area (Å²) >= 11 is 1.13. The average molecular weight is 433 g/mol. The third kappa shape index (κ3) is 5.66.